The van der Waals surface area contributed by atoms with Crippen LogP contribution in [0, 0.1) is 0 Å². The van der Waals surface area contributed by atoms with Crippen molar-refractivity contribution in [3.8, 4) is 28.0 Å². The van der Waals surface area contributed by atoms with E-state index in [0.29, 0.717) is 5.75 Å². The van der Waals surface area contributed by atoms with Crippen molar-refractivity contribution < 1.29 is 14.7 Å². The lowest BCUT2D eigenvalue weighted by Crippen LogP contribution is -2.20. The quantitative estimate of drug-likeness (QED) is 0.485. The van der Waals surface area contributed by atoms with Gasteiger partial charge in [0, 0.05) is 10.8 Å². The van der Waals surface area contributed by atoms with Crippen molar-refractivity contribution in [2.45, 2.75) is 0 Å². The van der Waals surface area contributed by atoms with Crippen LogP contribution in [0.15, 0.2) is 66.7 Å². The van der Waals surface area contributed by atoms with Crippen LogP contribution in [-0.2, 0) is 0 Å². The molecule has 4 aromatic rings. The highest BCUT2D eigenvalue weighted by molar-refractivity contribution is 6.34. The molecule has 114 valence electrons. The van der Waals surface area contributed by atoms with E-state index >= 15 is 0 Å². The van der Waals surface area contributed by atoms with Gasteiger partial charge in [-0.1, -0.05) is 48.5 Å². The lowest BCUT2D eigenvalue weighted by atomic mass is 9.99. The highest BCUT2D eigenvalue weighted by atomic mass is 16.6. The number of hydrogen-bond donors (Lipinski definition) is 2. The van der Waals surface area contributed by atoms with Crippen LogP contribution in [0.4, 0.5) is 0 Å². The van der Waals surface area contributed by atoms with Gasteiger partial charge in [-0.05, 0) is 51.2 Å². The molecule has 0 unspecified atom stereocenters. The minimum atomic E-state index is -1.83. The zero-order valence-electron chi connectivity index (χ0n) is 12.7. The van der Waals surface area contributed by atoms with Crippen LogP contribution >= 0.6 is 0 Å². The number of rotatable bonds is 2. The predicted molar refractivity (Wildman–Crippen MR) is 96.7 cm³/mol. The van der Waals surface area contributed by atoms with Gasteiger partial charge in [0.15, 0.2) is 0 Å². The summed E-state index contributed by atoms with van der Waals surface area (Å²) in [6.07, 6.45) is 0. The van der Waals surface area contributed by atoms with Gasteiger partial charge in [0.1, 0.15) is 5.75 Å². The first-order chi connectivity index (χ1) is 11.7. The Kier molecular flexibility index (Phi) is 2.74. The molecule has 4 aromatic carbocycles. The molecule has 4 heteroatoms. The van der Waals surface area contributed by atoms with Crippen molar-refractivity contribution >= 4 is 28.9 Å². The highest BCUT2D eigenvalue weighted by Gasteiger charge is 2.24. The summed E-state index contributed by atoms with van der Waals surface area (Å²) >= 11 is 0. The SMILES string of the molecule is OB(O)Oc1ccc2c3c(cccc13)-c1cc3ccccc3cc1-2. The second-order valence-corrected chi connectivity index (χ2v) is 6.03. The molecule has 0 radical (unpaired) electrons. The summed E-state index contributed by atoms with van der Waals surface area (Å²) in [7, 11) is -1.83. The van der Waals surface area contributed by atoms with Crippen LogP contribution in [0.2, 0.25) is 0 Å². The van der Waals surface area contributed by atoms with Crippen LogP contribution in [0.3, 0.4) is 0 Å². The van der Waals surface area contributed by atoms with Gasteiger partial charge < -0.3 is 14.7 Å². The molecule has 0 amide bonds. The van der Waals surface area contributed by atoms with Gasteiger partial charge in [-0.3, -0.25) is 0 Å². The summed E-state index contributed by atoms with van der Waals surface area (Å²) in [5, 5.41) is 22.7. The Hall–Kier alpha value is -2.82. The molecule has 2 N–H and O–H groups in total. The lowest BCUT2D eigenvalue weighted by molar-refractivity contribution is 0.289. The fourth-order valence-corrected chi connectivity index (χ4v) is 3.73. The Morgan fingerprint density at radius 1 is 0.667 bits per heavy atom. The second kappa shape index (κ2) is 4.84. The Labute approximate surface area is 138 Å². The summed E-state index contributed by atoms with van der Waals surface area (Å²) in [4.78, 5) is 0. The summed E-state index contributed by atoms with van der Waals surface area (Å²) < 4.78 is 5.15. The Morgan fingerprint density at radius 3 is 2.00 bits per heavy atom. The molecule has 3 nitrogen and oxygen atoms in total. The van der Waals surface area contributed by atoms with Crippen molar-refractivity contribution in [1.82, 2.24) is 0 Å². The summed E-state index contributed by atoms with van der Waals surface area (Å²) in [5.74, 6) is 0.475. The molecule has 1 aliphatic carbocycles. The van der Waals surface area contributed by atoms with Crippen LogP contribution in [0.5, 0.6) is 5.75 Å². The fraction of sp³-hybridized carbons (Fsp3) is 0. The molecule has 24 heavy (non-hydrogen) atoms. The predicted octanol–water partition coefficient (Wildman–Crippen LogP) is 3.99. The van der Waals surface area contributed by atoms with Gasteiger partial charge in [0.25, 0.3) is 0 Å². The largest absolute Gasteiger partial charge is 0.707 e. The van der Waals surface area contributed by atoms with E-state index in [9.17, 15) is 0 Å². The van der Waals surface area contributed by atoms with E-state index in [1.165, 1.54) is 21.9 Å². The van der Waals surface area contributed by atoms with E-state index < -0.39 is 7.32 Å². The highest BCUT2D eigenvalue weighted by Crippen LogP contribution is 2.50. The van der Waals surface area contributed by atoms with E-state index in [4.69, 9.17) is 14.7 Å². The van der Waals surface area contributed by atoms with Crippen molar-refractivity contribution in [2.24, 2.45) is 0 Å². The summed E-state index contributed by atoms with van der Waals surface area (Å²) in [6.45, 7) is 0. The first-order valence-corrected chi connectivity index (χ1v) is 7.84. The smallest absolute Gasteiger partial charge is 0.512 e. The van der Waals surface area contributed by atoms with Gasteiger partial charge in [0.2, 0.25) is 0 Å². The van der Waals surface area contributed by atoms with Crippen LogP contribution in [-0.4, -0.2) is 17.4 Å². The molecular formula is C20H13BO3. The Morgan fingerprint density at radius 2 is 1.33 bits per heavy atom. The molecule has 0 aliphatic heterocycles. The molecule has 0 bridgehead atoms. The maximum Gasteiger partial charge on any atom is 0.707 e. The van der Waals surface area contributed by atoms with E-state index in [1.807, 2.05) is 30.3 Å². The second-order valence-electron chi connectivity index (χ2n) is 6.03. The molecule has 0 aromatic heterocycles. The van der Waals surface area contributed by atoms with Crippen LogP contribution in [0.1, 0.15) is 0 Å². The molecule has 0 saturated carbocycles. The Balaban J connectivity index is 1.86. The van der Waals surface area contributed by atoms with Gasteiger partial charge in [-0.2, -0.15) is 0 Å². The summed E-state index contributed by atoms with van der Waals surface area (Å²) in [6, 6.07) is 22.6. The first-order valence-electron chi connectivity index (χ1n) is 7.84. The van der Waals surface area contributed by atoms with E-state index in [2.05, 4.69) is 30.3 Å². The van der Waals surface area contributed by atoms with Crippen LogP contribution < -0.4 is 4.65 Å². The first kappa shape index (κ1) is 13.6. The third kappa shape index (κ3) is 1.81. The minimum Gasteiger partial charge on any atom is -0.512 e. The Bertz CT molecular complexity index is 1070. The molecule has 0 atom stereocenters. The van der Waals surface area contributed by atoms with E-state index in [-0.39, 0.29) is 0 Å². The average molecular weight is 312 g/mol. The standard InChI is InChI=1S/C20H13BO3/c22-21(23)24-19-9-8-15-18-11-13-5-2-1-4-12(13)10-17(18)14-6-3-7-16(19)20(14)15/h1-11,22-23H. The number of hydrogen-bond acceptors (Lipinski definition) is 3. The van der Waals surface area contributed by atoms with Gasteiger partial charge >= 0.3 is 7.32 Å². The molecule has 1 aliphatic rings. The third-order valence-corrected chi connectivity index (χ3v) is 4.70. The monoisotopic (exact) mass is 312 g/mol. The summed E-state index contributed by atoms with van der Waals surface area (Å²) in [5.41, 5.74) is 4.72. The van der Waals surface area contributed by atoms with Crippen molar-refractivity contribution in [1.29, 1.82) is 0 Å². The third-order valence-electron chi connectivity index (χ3n) is 4.70. The van der Waals surface area contributed by atoms with Crippen molar-refractivity contribution in [3.63, 3.8) is 0 Å². The van der Waals surface area contributed by atoms with Crippen LogP contribution in [0.25, 0.3) is 43.8 Å². The zero-order valence-corrected chi connectivity index (χ0v) is 12.7. The van der Waals surface area contributed by atoms with Gasteiger partial charge in [-0.25, -0.2) is 0 Å². The number of fused-ring (bicyclic) bond motifs is 4. The topological polar surface area (TPSA) is 49.7 Å². The van der Waals surface area contributed by atoms with Crippen molar-refractivity contribution in [2.75, 3.05) is 0 Å². The molecule has 0 heterocycles. The van der Waals surface area contributed by atoms with Gasteiger partial charge in [-0.15, -0.1) is 0 Å². The fourth-order valence-electron chi connectivity index (χ4n) is 3.73. The van der Waals surface area contributed by atoms with E-state index in [1.54, 1.807) is 6.07 Å². The average Bonchev–Trinajstić information content (AvgIpc) is 2.90. The molecule has 0 saturated heterocycles. The normalized spacial score (nSPS) is 11.8. The molecule has 0 fully saturated rings. The lowest BCUT2D eigenvalue weighted by Gasteiger charge is -2.10. The molecule has 0 spiro atoms. The minimum absolute atomic E-state index is 0.475. The molecular weight excluding hydrogens is 299 g/mol. The van der Waals surface area contributed by atoms with Gasteiger partial charge in [0.05, 0.1) is 0 Å². The maximum atomic E-state index is 9.15. The molecule has 5 rings (SSSR count). The maximum absolute atomic E-state index is 9.15. The van der Waals surface area contributed by atoms with Crippen molar-refractivity contribution in [3.05, 3.63) is 66.7 Å². The number of benzene rings is 4. The van der Waals surface area contributed by atoms with E-state index in [0.717, 1.165) is 21.9 Å². The zero-order chi connectivity index (χ0) is 16.3.